The molecule has 1 aliphatic rings. The summed E-state index contributed by atoms with van der Waals surface area (Å²) in [6.45, 7) is 1.44. The summed E-state index contributed by atoms with van der Waals surface area (Å²) in [5.41, 5.74) is 2.80. The molecule has 1 saturated heterocycles. The van der Waals surface area contributed by atoms with E-state index in [1.807, 2.05) is 42.6 Å². The van der Waals surface area contributed by atoms with Gasteiger partial charge in [0.25, 0.3) is 0 Å². The molecule has 1 aliphatic heterocycles. The number of para-hydroxylation sites is 2. The Bertz CT molecular complexity index is 945. The maximum atomic E-state index is 5.48. The Hall–Kier alpha value is -2.93. The van der Waals surface area contributed by atoms with Crippen LogP contribution < -0.4 is 0 Å². The molecule has 7 heteroatoms. The minimum Gasteiger partial charge on any atom is -0.381 e. The van der Waals surface area contributed by atoms with Gasteiger partial charge in [0, 0.05) is 18.7 Å². The molecule has 24 heavy (non-hydrogen) atoms. The summed E-state index contributed by atoms with van der Waals surface area (Å²) in [7, 11) is 0. The van der Waals surface area contributed by atoms with Crippen molar-refractivity contribution in [2.75, 3.05) is 13.2 Å². The summed E-state index contributed by atoms with van der Waals surface area (Å²) >= 11 is 0. The summed E-state index contributed by atoms with van der Waals surface area (Å²) < 4.78 is 7.26. The van der Waals surface area contributed by atoms with Crippen molar-refractivity contribution in [3.8, 4) is 17.5 Å². The van der Waals surface area contributed by atoms with Crippen molar-refractivity contribution in [1.29, 1.82) is 0 Å². The first-order chi connectivity index (χ1) is 11.9. The highest BCUT2D eigenvalue weighted by molar-refractivity contribution is 5.76. The lowest BCUT2D eigenvalue weighted by molar-refractivity contribution is 0.193. The molecule has 0 bridgehead atoms. The second-order valence-corrected chi connectivity index (χ2v) is 5.93. The Morgan fingerprint density at radius 3 is 2.88 bits per heavy atom. The lowest BCUT2D eigenvalue weighted by Gasteiger charge is -2.00. The minimum absolute atomic E-state index is 0.240. The fraction of sp³-hybridized carbons (Fsp3) is 0.235. The number of benzene rings is 1. The van der Waals surface area contributed by atoms with Gasteiger partial charge in [0.2, 0.25) is 5.95 Å². The molecule has 5 rings (SSSR count). The van der Waals surface area contributed by atoms with E-state index in [9.17, 15) is 0 Å². The third kappa shape index (κ3) is 2.13. The molecule has 0 saturated carbocycles. The van der Waals surface area contributed by atoms with Crippen molar-refractivity contribution in [1.82, 2.24) is 29.7 Å². The second-order valence-electron chi connectivity index (χ2n) is 5.93. The van der Waals surface area contributed by atoms with Gasteiger partial charge in [-0.15, -0.1) is 5.10 Å². The van der Waals surface area contributed by atoms with Crippen LogP contribution in [-0.4, -0.2) is 42.9 Å². The van der Waals surface area contributed by atoms with Gasteiger partial charge in [-0.2, -0.15) is 4.68 Å². The summed E-state index contributed by atoms with van der Waals surface area (Å²) in [5, 5.41) is 4.73. The fourth-order valence-corrected chi connectivity index (χ4v) is 3.07. The Balaban J connectivity index is 1.67. The van der Waals surface area contributed by atoms with Crippen molar-refractivity contribution >= 4 is 11.0 Å². The molecule has 2 N–H and O–H groups in total. The number of nitrogens with one attached hydrogen (secondary N) is 2. The number of aromatic nitrogens is 6. The normalized spacial score (nSPS) is 17.8. The Kier molecular flexibility index (Phi) is 2.99. The summed E-state index contributed by atoms with van der Waals surface area (Å²) in [6, 6.07) is 11.9. The van der Waals surface area contributed by atoms with Gasteiger partial charge in [0.15, 0.2) is 11.6 Å². The molecule has 1 fully saturated rings. The van der Waals surface area contributed by atoms with Crippen LogP contribution in [0.15, 0.2) is 42.6 Å². The van der Waals surface area contributed by atoms with Crippen LogP contribution in [0.4, 0.5) is 0 Å². The van der Waals surface area contributed by atoms with E-state index in [0.29, 0.717) is 12.6 Å². The van der Waals surface area contributed by atoms with Crippen LogP contribution in [0.25, 0.3) is 28.5 Å². The van der Waals surface area contributed by atoms with Crippen LogP contribution in [0, 0.1) is 0 Å². The molecule has 0 amide bonds. The molecule has 0 spiro atoms. The van der Waals surface area contributed by atoms with Gasteiger partial charge in [-0.25, -0.2) is 9.97 Å². The smallest absolute Gasteiger partial charge is 0.231 e. The number of fused-ring (bicyclic) bond motifs is 1. The van der Waals surface area contributed by atoms with Gasteiger partial charge in [-0.1, -0.05) is 12.1 Å². The Labute approximate surface area is 137 Å². The molecule has 0 unspecified atom stereocenters. The maximum absolute atomic E-state index is 5.48. The molecule has 120 valence electrons. The number of H-pyrrole nitrogens is 2. The van der Waals surface area contributed by atoms with Crippen LogP contribution >= 0.6 is 0 Å². The number of ether oxygens (including phenoxy) is 1. The first kappa shape index (κ1) is 13.5. The topological polar surface area (TPSA) is 84.4 Å². The molecule has 4 heterocycles. The van der Waals surface area contributed by atoms with Crippen molar-refractivity contribution in [2.45, 2.75) is 12.3 Å². The highest BCUT2D eigenvalue weighted by atomic mass is 16.5. The zero-order chi connectivity index (χ0) is 15.9. The summed E-state index contributed by atoms with van der Waals surface area (Å²) in [4.78, 5) is 15.9. The Morgan fingerprint density at radius 1 is 1.12 bits per heavy atom. The van der Waals surface area contributed by atoms with Crippen molar-refractivity contribution in [3.05, 3.63) is 48.4 Å². The summed E-state index contributed by atoms with van der Waals surface area (Å²) in [5.74, 6) is 2.46. The number of rotatable bonds is 3. The molecule has 4 aromatic rings. The van der Waals surface area contributed by atoms with E-state index in [-0.39, 0.29) is 5.92 Å². The van der Waals surface area contributed by atoms with Crippen LogP contribution in [-0.2, 0) is 4.74 Å². The maximum Gasteiger partial charge on any atom is 0.231 e. The van der Waals surface area contributed by atoms with E-state index in [4.69, 9.17) is 14.8 Å². The monoisotopic (exact) mass is 320 g/mol. The lowest BCUT2D eigenvalue weighted by Crippen LogP contribution is -2.04. The highest BCUT2D eigenvalue weighted by Crippen LogP contribution is 2.27. The van der Waals surface area contributed by atoms with E-state index in [2.05, 4.69) is 15.0 Å². The fourth-order valence-electron chi connectivity index (χ4n) is 3.07. The molecule has 1 aromatic carbocycles. The van der Waals surface area contributed by atoms with E-state index in [0.717, 1.165) is 41.4 Å². The van der Waals surface area contributed by atoms with E-state index >= 15 is 0 Å². The van der Waals surface area contributed by atoms with Crippen molar-refractivity contribution in [2.24, 2.45) is 0 Å². The lowest BCUT2D eigenvalue weighted by atomic mass is 10.1. The van der Waals surface area contributed by atoms with Crippen molar-refractivity contribution in [3.63, 3.8) is 0 Å². The SMILES string of the molecule is c1c[nH]c(-c2nc([C@@H]3CCOC3)nn2-c2nc3ccccc3[nH]2)c1. The minimum atomic E-state index is 0.240. The first-order valence-corrected chi connectivity index (χ1v) is 8.02. The average molecular weight is 320 g/mol. The molecule has 0 radical (unpaired) electrons. The number of imidazole rings is 1. The van der Waals surface area contributed by atoms with Gasteiger partial charge in [-0.05, 0) is 30.7 Å². The Morgan fingerprint density at radius 2 is 2.08 bits per heavy atom. The van der Waals surface area contributed by atoms with E-state index < -0.39 is 0 Å². The predicted molar refractivity (Wildman–Crippen MR) is 89.0 cm³/mol. The van der Waals surface area contributed by atoms with Gasteiger partial charge >= 0.3 is 0 Å². The standard InChI is InChI=1S/C17H16N6O/c1-2-5-13-12(4-1)19-17(20-13)23-16(14-6-3-8-18-14)21-15(22-23)11-7-9-24-10-11/h1-6,8,11,18H,7,9-10H2,(H,19,20)/t11-/m1/s1. The second kappa shape index (κ2) is 5.31. The highest BCUT2D eigenvalue weighted by Gasteiger charge is 2.25. The third-order valence-electron chi connectivity index (χ3n) is 4.33. The van der Waals surface area contributed by atoms with Crippen LogP contribution in [0.3, 0.4) is 0 Å². The molecular formula is C17H16N6O. The van der Waals surface area contributed by atoms with E-state index in [1.54, 1.807) is 4.68 Å². The van der Waals surface area contributed by atoms with E-state index in [1.165, 1.54) is 0 Å². The first-order valence-electron chi connectivity index (χ1n) is 8.02. The van der Waals surface area contributed by atoms with Gasteiger partial charge < -0.3 is 14.7 Å². The largest absolute Gasteiger partial charge is 0.381 e. The zero-order valence-electron chi connectivity index (χ0n) is 12.9. The predicted octanol–water partition coefficient (Wildman–Crippen LogP) is 2.64. The molecule has 3 aromatic heterocycles. The molecular weight excluding hydrogens is 304 g/mol. The van der Waals surface area contributed by atoms with Crippen LogP contribution in [0.1, 0.15) is 18.2 Å². The van der Waals surface area contributed by atoms with Gasteiger partial charge in [0.05, 0.1) is 23.3 Å². The average Bonchev–Trinajstić information content (AvgIpc) is 3.40. The van der Waals surface area contributed by atoms with Crippen LogP contribution in [0.5, 0.6) is 0 Å². The van der Waals surface area contributed by atoms with Gasteiger partial charge in [-0.3, -0.25) is 0 Å². The third-order valence-corrected chi connectivity index (χ3v) is 4.33. The molecule has 1 atom stereocenters. The quantitative estimate of drug-likeness (QED) is 0.608. The van der Waals surface area contributed by atoms with Crippen molar-refractivity contribution < 1.29 is 4.74 Å². The summed E-state index contributed by atoms with van der Waals surface area (Å²) in [6.07, 6.45) is 2.83. The van der Waals surface area contributed by atoms with Gasteiger partial charge in [0.1, 0.15) is 0 Å². The van der Waals surface area contributed by atoms with Crippen LogP contribution in [0.2, 0.25) is 0 Å². The number of nitrogens with zero attached hydrogens (tertiary/aromatic N) is 4. The zero-order valence-corrected chi connectivity index (χ0v) is 12.9. The molecule has 0 aliphatic carbocycles. The molecule has 7 nitrogen and oxygen atoms in total. The number of hydrogen-bond acceptors (Lipinski definition) is 4. The number of hydrogen-bond donors (Lipinski definition) is 2. The number of aromatic amines is 2.